The number of carboxylic acids is 1. The van der Waals surface area contributed by atoms with E-state index in [1.807, 2.05) is 0 Å². The van der Waals surface area contributed by atoms with Gasteiger partial charge in [0.1, 0.15) is 16.5 Å². The molecule has 1 aromatic heterocycles. The molecule has 0 fully saturated rings. The Morgan fingerprint density at radius 3 is 2.47 bits per heavy atom. The topological polar surface area (TPSA) is 55.1 Å². The van der Waals surface area contributed by atoms with E-state index in [1.54, 1.807) is 0 Å². The predicted octanol–water partition coefficient (Wildman–Crippen LogP) is 2.58. The van der Waals surface area contributed by atoms with Crippen molar-refractivity contribution in [2.45, 2.75) is 0 Å². The highest BCUT2D eigenvalue weighted by Crippen LogP contribution is 2.29. The number of nitrogens with zero attached hydrogens (tertiary/aromatic N) is 2. The fourth-order valence-corrected chi connectivity index (χ4v) is 1.87. The lowest BCUT2D eigenvalue weighted by atomic mass is 10.1. The molecule has 0 amide bonds. The third kappa shape index (κ3) is 2.01. The van der Waals surface area contributed by atoms with E-state index in [2.05, 4.69) is 5.10 Å². The van der Waals surface area contributed by atoms with Gasteiger partial charge in [0.2, 0.25) is 0 Å². The van der Waals surface area contributed by atoms with E-state index in [-0.39, 0.29) is 16.5 Å². The van der Waals surface area contributed by atoms with Crippen molar-refractivity contribution in [3.63, 3.8) is 0 Å². The fraction of sp³-hybridized carbons (Fsp3) is 0.0909. The molecule has 0 aliphatic heterocycles. The van der Waals surface area contributed by atoms with Gasteiger partial charge >= 0.3 is 5.97 Å². The van der Waals surface area contributed by atoms with Crippen LogP contribution in [0, 0.1) is 5.82 Å². The first-order valence-electron chi connectivity index (χ1n) is 4.72. The molecule has 0 saturated heterocycles. The number of hydrogen-bond acceptors (Lipinski definition) is 2. The van der Waals surface area contributed by atoms with Gasteiger partial charge in [0, 0.05) is 12.6 Å². The molecule has 4 nitrogen and oxygen atoms in total. The van der Waals surface area contributed by atoms with Gasteiger partial charge in [0.15, 0.2) is 5.69 Å². The van der Waals surface area contributed by atoms with Crippen LogP contribution in [0.4, 0.5) is 4.39 Å². The molecule has 2 rings (SSSR count). The Morgan fingerprint density at radius 1 is 1.41 bits per heavy atom. The van der Waals surface area contributed by atoms with E-state index in [0.717, 1.165) is 0 Å². The largest absolute Gasteiger partial charge is 0.476 e. The van der Waals surface area contributed by atoms with Gasteiger partial charge in [0.25, 0.3) is 0 Å². The van der Waals surface area contributed by atoms with Gasteiger partial charge in [-0.1, -0.05) is 11.6 Å². The molecule has 1 N–H and O–H groups in total. The lowest BCUT2D eigenvalue weighted by Crippen LogP contribution is -2.05. The van der Waals surface area contributed by atoms with Crippen molar-refractivity contribution < 1.29 is 14.3 Å². The van der Waals surface area contributed by atoms with E-state index in [4.69, 9.17) is 16.7 Å². The molecule has 2 aromatic rings. The number of hydrogen-bond donors (Lipinski definition) is 1. The lowest BCUT2D eigenvalue weighted by molar-refractivity contribution is 0.0685. The molecule has 6 heteroatoms. The van der Waals surface area contributed by atoms with Gasteiger partial charge in [-0.3, -0.25) is 4.68 Å². The van der Waals surface area contributed by atoms with Gasteiger partial charge < -0.3 is 5.11 Å². The molecule has 88 valence electrons. The maximum atomic E-state index is 12.8. The molecular weight excluding hydrogens is 247 g/mol. The SMILES string of the molecule is Cn1nc(-c2ccc(F)cc2)c(Cl)c1C(=O)O. The number of aromatic carboxylic acids is 1. The van der Waals surface area contributed by atoms with Gasteiger partial charge in [0.05, 0.1) is 0 Å². The van der Waals surface area contributed by atoms with Crippen LogP contribution in [0.25, 0.3) is 11.3 Å². The van der Waals surface area contributed by atoms with Gasteiger partial charge in [-0.15, -0.1) is 0 Å². The Balaban J connectivity index is 2.57. The number of carboxylic acid groups (broad SMARTS) is 1. The van der Waals surface area contributed by atoms with Crippen LogP contribution in [0.3, 0.4) is 0 Å². The summed E-state index contributed by atoms with van der Waals surface area (Å²) >= 11 is 5.94. The van der Waals surface area contributed by atoms with Crippen LogP contribution in [-0.2, 0) is 7.05 Å². The van der Waals surface area contributed by atoms with Crippen LogP contribution >= 0.6 is 11.6 Å². The van der Waals surface area contributed by atoms with Gasteiger partial charge in [-0.25, -0.2) is 9.18 Å². The summed E-state index contributed by atoms with van der Waals surface area (Å²) < 4.78 is 13.9. The summed E-state index contributed by atoms with van der Waals surface area (Å²) in [6.07, 6.45) is 0. The molecule has 0 bridgehead atoms. The number of aryl methyl sites for hydroxylation is 1. The number of benzene rings is 1. The van der Waals surface area contributed by atoms with E-state index in [1.165, 1.54) is 36.0 Å². The zero-order valence-corrected chi connectivity index (χ0v) is 9.57. The Morgan fingerprint density at radius 2 is 2.00 bits per heavy atom. The number of carbonyl (C=O) groups is 1. The number of aromatic nitrogens is 2. The minimum absolute atomic E-state index is 0.0478. The van der Waals surface area contributed by atoms with Gasteiger partial charge in [-0.2, -0.15) is 5.10 Å². The van der Waals surface area contributed by atoms with Crippen molar-refractivity contribution in [1.29, 1.82) is 0 Å². The second-order valence-corrected chi connectivity index (χ2v) is 3.82. The highest BCUT2D eigenvalue weighted by Gasteiger charge is 2.20. The minimum Gasteiger partial charge on any atom is -0.476 e. The molecule has 1 heterocycles. The minimum atomic E-state index is -1.15. The number of halogens is 2. The van der Waals surface area contributed by atoms with Crippen molar-refractivity contribution in [1.82, 2.24) is 9.78 Å². The second-order valence-electron chi connectivity index (χ2n) is 3.45. The second kappa shape index (κ2) is 4.18. The lowest BCUT2D eigenvalue weighted by Gasteiger charge is -1.96. The quantitative estimate of drug-likeness (QED) is 0.896. The first kappa shape index (κ1) is 11.6. The molecule has 0 aliphatic carbocycles. The number of rotatable bonds is 2. The van der Waals surface area contributed by atoms with Gasteiger partial charge in [-0.05, 0) is 24.3 Å². The molecule has 0 atom stereocenters. The predicted molar refractivity (Wildman–Crippen MR) is 60.6 cm³/mol. The van der Waals surface area contributed by atoms with E-state index < -0.39 is 5.97 Å². The molecule has 0 unspecified atom stereocenters. The van der Waals surface area contributed by atoms with Crippen LogP contribution in [0.1, 0.15) is 10.5 Å². The fourth-order valence-electron chi connectivity index (χ4n) is 1.52. The Labute approximate surface area is 101 Å². The van der Waals surface area contributed by atoms with E-state index in [9.17, 15) is 9.18 Å². The third-order valence-electron chi connectivity index (χ3n) is 2.31. The molecule has 0 radical (unpaired) electrons. The summed E-state index contributed by atoms with van der Waals surface area (Å²) in [4.78, 5) is 10.9. The zero-order chi connectivity index (χ0) is 12.6. The molecule has 17 heavy (non-hydrogen) atoms. The molecule has 1 aromatic carbocycles. The summed E-state index contributed by atoms with van der Waals surface area (Å²) in [5.41, 5.74) is 0.803. The Hall–Kier alpha value is -1.88. The molecule has 0 aliphatic rings. The third-order valence-corrected chi connectivity index (χ3v) is 2.67. The van der Waals surface area contributed by atoms with Crippen molar-refractivity contribution in [2.24, 2.45) is 7.05 Å². The average Bonchev–Trinajstić information content (AvgIpc) is 2.55. The highest BCUT2D eigenvalue weighted by atomic mass is 35.5. The van der Waals surface area contributed by atoms with Crippen LogP contribution in [0.5, 0.6) is 0 Å². The molecular formula is C11H8ClFN2O2. The van der Waals surface area contributed by atoms with Crippen LogP contribution in [0.2, 0.25) is 5.02 Å². The first-order chi connectivity index (χ1) is 8.00. The summed E-state index contributed by atoms with van der Waals surface area (Å²) in [6.45, 7) is 0. The average molecular weight is 255 g/mol. The van der Waals surface area contributed by atoms with Crippen LogP contribution < -0.4 is 0 Å². The summed E-state index contributed by atoms with van der Waals surface area (Å²) in [5.74, 6) is -1.53. The summed E-state index contributed by atoms with van der Waals surface area (Å²) in [6, 6.07) is 5.52. The monoisotopic (exact) mass is 254 g/mol. The smallest absolute Gasteiger partial charge is 0.355 e. The van der Waals surface area contributed by atoms with E-state index >= 15 is 0 Å². The van der Waals surface area contributed by atoms with E-state index in [0.29, 0.717) is 11.3 Å². The normalized spacial score (nSPS) is 10.5. The maximum Gasteiger partial charge on any atom is 0.355 e. The standard InChI is InChI=1S/C11H8ClFN2O2/c1-15-10(11(16)17)8(12)9(14-15)6-2-4-7(13)5-3-6/h2-5H,1H3,(H,16,17). The maximum absolute atomic E-state index is 12.8. The zero-order valence-electron chi connectivity index (χ0n) is 8.82. The van der Waals surface area contributed by atoms with Crippen molar-refractivity contribution in [3.8, 4) is 11.3 Å². The summed E-state index contributed by atoms with van der Waals surface area (Å²) in [7, 11) is 1.49. The van der Waals surface area contributed by atoms with Crippen LogP contribution in [-0.4, -0.2) is 20.9 Å². The van der Waals surface area contributed by atoms with Crippen molar-refractivity contribution in [3.05, 3.63) is 40.8 Å². The van der Waals surface area contributed by atoms with Crippen LogP contribution in [0.15, 0.2) is 24.3 Å². The highest BCUT2D eigenvalue weighted by molar-refractivity contribution is 6.35. The van der Waals surface area contributed by atoms with Crippen molar-refractivity contribution in [2.75, 3.05) is 0 Å². The molecule has 0 saturated carbocycles. The van der Waals surface area contributed by atoms with Crippen molar-refractivity contribution >= 4 is 17.6 Å². The molecule has 0 spiro atoms. The Kier molecular flexibility index (Phi) is 2.85. The first-order valence-corrected chi connectivity index (χ1v) is 5.10. The summed E-state index contributed by atoms with van der Waals surface area (Å²) in [5, 5.41) is 13.0. The Bertz CT molecular complexity index is 578.